The molecule has 40 valence electrons. The maximum atomic E-state index is 10.2. The molecule has 1 aliphatic rings. The van der Waals surface area contributed by atoms with Crippen molar-refractivity contribution in [2.24, 2.45) is 0 Å². The first-order valence-corrected chi connectivity index (χ1v) is 2.21. The quantitative estimate of drug-likeness (QED) is 0.423. The van der Waals surface area contributed by atoms with Crippen molar-refractivity contribution in [2.75, 3.05) is 13.2 Å². The van der Waals surface area contributed by atoms with Gasteiger partial charge in [-0.15, -0.1) is 0 Å². The second-order valence-corrected chi connectivity index (χ2v) is 1.58. The summed E-state index contributed by atoms with van der Waals surface area (Å²) in [5.41, 5.74) is 0. The molecule has 1 saturated heterocycles. The van der Waals surface area contributed by atoms with Crippen molar-refractivity contribution in [2.45, 2.75) is 6.04 Å². The normalized spacial score (nSPS) is 29.9. The average molecular weight is 101 g/mol. The molecular weight excluding hydrogens is 94.0 g/mol. The summed E-state index contributed by atoms with van der Waals surface area (Å²) in [6.07, 6.45) is 0. The van der Waals surface area contributed by atoms with E-state index < -0.39 is 0 Å². The lowest BCUT2D eigenvalue weighted by molar-refractivity contribution is -0.126. The molecular formula is C4H7NO2. The number of carbonyl (C=O) groups is 1. The van der Waals surface area contributed by atoms with Crippen LogP contribution in [0.3, 0.4) is 0 Å². The molecule has 0 aromatic carbocycles. The van der Waals surface area contributed by atoms with Gasteiger partial charge in [0.1, 0.15) is 0 Å². The van der Waals surface area contributed by atoms with Crippen LogP contribution in [-0.4, -0.2) is 30.1 Å². The molecule has 0 aromatic rings. The minimum absolute atomic E-state index is 0.0567. The molecule has 0 saturated carbocycles. The molecule has 1 heterocycles. The number of Topliss-reactive ketones (excluding diaryl/α,β-unsaturated/α-hetero) is 1. The van der Waals surface area contributed by atoms with Gasteiger partial charge in [0.05, 0.1) is 19.2 Å². The summed E-state index contributed by atoms with van der Waals surface area (Å²) >= 11 is 0. The third kappa shape index (κ3) is 0.642. The summed E-state index contributed by atoms with van der Waals surface area (Å²) in [6.45, 7) is 0.379. The fraction of sp³-hybridized carbons (Fsp3) is 0.750. The number of nitrogens with one attached hydrogen (secondary N) is 1. The minimum atomic E-state index is -0.250. The van der Waals surface area contributed by atoms with E-state index >= 15 is 0 Å². The van der Waals surface area contributed by atoms with Gasteiger partial charge in [0.15, 0.2) is 5.78 Å². The van der Waals surface area contributed by atoms with Crippen LogP contribution in [0.25, 0.3) is 0 Å². The van der Waals surface area contributed by atoms with Crippen LogP contribution in [0.4, 0.5) is 0 Å². The Morgan fingerprint density at radius 2 is 2.71 bits per heavy atom. The Morgan fingerprint density at radius 1 is 2.00 bits per heavy atom. The lowest BCUT2D eigenvalue weighted by Crippen LogP contribution is -2.55. The number of hydrogen-bond acceptors (Lipinski definition) is 3. The second-order valence-electron chi connectivity index (χ2n) is 1.58. The van der Waals surface area contributed by atoms with E-state index in [1.165, 1.54) is 0 Å². The second kappa shape index (κ2) is 1.60. The van der Waals surface area contributed by atoms with Crippen molar-refractivity contribution in [3.8, 4) is 0 Å². The van der Waals surface area contributed by atoms with Crippen LogP contribution >= 0.6 is 0 Å². The van der Waals surface area contributed by atoms with Crippen LogP contribution in [0, 0.1) is 0 Å². The molecule has 0 radical (unpaired) electrons. The summed E-state index contributed by atoms with van der Waals surface area (Å²) in [5.74, 6) is 0.113. The molecule has 0 spiro atoms. The van der Waals surface area contributed by atoms with Gasteiger partial charge >= 0.3 is 0 Å². The van der Waals surface area contributed by atoms with Crippen molar-refractivity contribution >= 4 is 5.78 Å². The molecule has 0 bridgehead atoms. The summed E-state index contributed by atoms with van der Waals surface area (Å²) < 4.78 is 0. The Hall–Kier alpha value is -0.410. The van der Waals surface area contributed by atoms with Crippen molar-refractivity contribution in [3.63, 3.8) is 0 Å². The van der Waals surface area contributed by atoms with E-state index in [4.69, 9.17) is 5.11 Å². The number of hydrogen-bond donors (Lipinski definition) is 2. The Labute approximate surface area is 41.3 Å². The standard InChI is InChI=1S/C4H7NO2/c6-2-3-4(7)1-5-3/h3,5-6H,1-2H2/t3-/m1/s1. The minimum Gasteiger partial charge on any atom is -0.394 e. The molecule has 1 atom stereocenters. The Kier molecular flexibility index (Phi) is 1.08. The third-order valence-corrected chi connectivity index (χ3v) is 1.09. The van der Waals surface area contributed by atoms with E-state index in [2.05, 4.69) is 5.32 Å². The Balaban J connectivity index is 2.29. The van der Waals surface area contributed by atoms with Gasteiger partial charge in [-0.3, -0.25) is 10.1 Å². The van der Waals surface area contributed by atoms with Crippen molar-refractivity contribution in [1.29, 1.82) is 0 Å². The SMILES string of the molecule is O=C1CN[C@@H]1CO. The molecule has 0 aromatic heterocycles. The van der Waals surface area contributed by atoms with Gasteiger partial charge in [-0.25, -0.2) is 0 Å². The fourth-order valence-corrected chi connectivity index (χ4v) is 0.496. The van der Waals surface area contributed by atoms with E-state index in [-0.39, 0.29) is 18.4 Å². The van der Waals surface area contributed by atoms with Crippen molar-refractivity contribution in [3.05, 3.63) is 0 Å². The van der Waals surface area contributed by atoms with Crippen LogP contribution in [0.1, 0.15) is 0 Å². The van der Waals surface area contributed by atoms with Crippen molar-refractivity contribution in [1.82, 2.24) is 5.32 Å². The number of rotatable bonds is 1. The number of aliphatic hydroxyl groups excluding tert-OH is 1. The average Bonchev–Trinajstić information content (AvgIpc) is 1.65. The molecule has 1 fully saturated rings. The third-order valence-electron chi connectivity index (χ3n) is 1.09. The number of carbonyl (C=O) groups excluding carboxylic acids is 1. The molecule has 0 unspecified atom stereocenters. The first-order valence-electron chi connectivity index (χ1n) is 2.21. The van der Waals surface area contributed by atoms with Crippen LogP contribution in [0.5, 0.6) is 0 Å². The zero-order valence-electron chi connectivity index (χ0n) is 3.85. The first-order chi connectivity index (χ1) is 3.34. The zero-order chi connectivity index (χ0) is 5.28. The highest BCUT2D eigenvalue weighted by atomic mass is 16.3. The fourth-order valence-electron chi connectivity index (χ4n) is 0.496. The molecule has 1 rings (SSSR count). The van der Waals surface area contributed by atoms with Crippen LogP contribution < -0.4 is 5.32 Å². The van der Waals surface area contributed by atoms with Crippen LogP contribution in [0.15, 0.2) is 0 Å². The first kappa shape index (κ1) is 4.74. The lowest BCUT2D eigenvalue weighted by Gasteiger charge is -2.22. The van der Waals surface area contributed by atoms with E-state index in [1.54, 1.807) is 0 Å². The van der Waals surface area contributed by atoms with Crippen LogP contribution in [-0.2, 0) is 4.79 Å². The molecule has 2 N–H and O–H groups in total. The van der Waals surface area contributed by atoms with Gasteiger partial charge in [-0.05, 0) is 0 Å². The largest absolute Gasteiger partial charge is 0.394 e. The summed E-state index contributed by atoms with van der Waals surface area (Å²) in [6, 6.07) is -0.250. The number of aliphatic hydroxyl groups is 1. The van der Waals surface area contributed by atoms with Gasteiger partial charge < -0.3 is 5.11 Å². The summed E-state index contributed by atoms with van der Waals surface area (Å²) in [5, 5.41) is 11.0. The Morgan fingerprint density at radius 3 is 2.71 bits per heavy atom. The number of ketones is 1. The van der Waals surface area contributed by atoms with E-state index in [1.807, 2.05) is 0 Å². The van der Waals surface area contributed by atoms with Gasteiger partial charge in [-0.1, -0.05) is 0 Å². The van der Waals surface area contributed by atoms with Gasteiger partial charge in [0, 0.05) is 0 Å². The predicted molar refractivity (Wildman–Crippen MR) is 23.9 cm³/mol. The smallest absolute Gasteiger partial charge is 0.165 e. The van der Waals surface area contributed by atoms with Gasteiger partial charge in [0.25, 0.3) is 0 Å². The summed E-state index contributed by atoms with van der Waals surface area (Å²) in [7, 11) is 0. The van der Waals surface area contributed by atoms with Gasteiger partial charge in [-0.2, -0.15) is 0 Å². The highest BCUT2D eigenvalue weighted by Crippen LogP contribution is 1.93. The highest BCUT2D eigenvalue weighted by Gasteiger charge is 2.25. The van der Waals surface area contributed by atoms with E-state index in [9.17, 15) is 4.79 Å². The maximum absolute atomic E-state index is 10.2. The molecule has 0 aliphatic carbocycles. The monoisotopic (exact) mass is 101 g/mol. The van der Waals surface area contributed by atoms with E-state index in [0.29, 0.717) is 6.54 Å². The molecule has 7 heavy (non-hydrogen) atoms. The van der Waals surface area contributed by atoms with Crippen LogP contribution in [0.2, 0.25) is 0 Å². The highest BCUT2D eigenvalue weighted by molar-refractivity contribution is 5.91. The summed E-state index contributed by atoms with van der Waals surface area (Å²) in [4.78, 5) is 10.2. The molecule has 3 nitrogen and oxygen atoms in total. The van der Waals surface area contributed by atoms with E-state index in [0.717, 1.165) is 0 Å². The zero-order valence-corrected chi connectivity index (χ0v) is 3.85. The molecule has 3 heteroatoms. The topological polar surface area (TPSA) is 49.3 Å². The molecule has 0 amide bonds. The predicted octanol–water partition coefficient (Wildman–Crippen LogP) is -1.48. The Bertz CT molecular complexity index is 89.7. The van der Waals surface area contributed by atoms with Crippen molar-refractivity contribution < 1.29 is 9.90 Å². The molecule has 1 aliphatic heterocycles. The lowest BCUT2D eigenvalue weighted by atomic mass is 10.1. The maximum Gasteiger partial charge on any atom is 0.165 e. The van der Waals surface area contributed by atoms with Gasteiger partial charge in [0.2, 0.25) is 0 Å².